The summed E-state index contributed by atoms with van der Waals surface area (Å²) in [4.78, 5) is 2.68. The summed E-state index contributed by atoms with van der Waals surface area (Å²) in [7, 11) is -2.68. The predicted octanol–water partition coefficient (Wildman–Crippen LogP) is 4.63. The highest BCUT2D eigenvalue weighted by Crippen LogP contribution is 2.38. The van der Waals surface area contributed by atoms with Crippen molar-refractivity contribution in [2.24, 2.45) is 0 Å². The van der Waals surface area contributed by atoms with Crippen LogP contribution in [-0.4, -0.2) is 65.3 Å². The molecule has 1 rings (SSSR count). The summed E-state index contributed by atoms with van der Waals surface area (Å²) >= 11 is 0. The fourth-order valence-electron chi connectivity index (χ4n) is 3.35. The molecule has 0 aromatic carbocycles. The van der Waals surface area contributed by atoms with E-state index in [1.54, 1.807) is 0 Å². The first-order valence-electron chi connectivity index (χ1n) is 9.61. The third kappa shape index (κ3) is 6.61. The van der Waals surface area contributed by atoms with E-state index in [-0.39, 0.29) is 0 Å². The highest BCUT2D eigenvalue weighted by Gasteiger charge is 2.41. The van der Waals surface area contributed by atoms with Crippen LogP contribution < -0.4 is 0 Å². The van der Waals surface area contributed by atoms with Crippen molar-refractivity contribution in [2.45, 2.75) is 77.8 Å². The van der Waals surface area contributed by atoms with Crippen LogP contribution in [0.3, 0.4) is 0 Å². The lowest BCUT2D eigenvalue weighted by atomic mass is 10.2. The largest absolute Gasteiger partial charge is 0.418 e. The number of hydrogen-bond acceptors (Lipinski definition) is 3. The van der Waals surface area contributed by atoms with Gasteiger partial charge in [-0.1, -0.05) is 40.3 Å². The quantitative estimate of drug-likeness (QED) is 0.465. The van der Waals surface area contributed by atoms with Crippen molar-refractivity contribution in [1.82, 2.24) is 9.47 Å². The molecule has 0 saturated carbocycles. The zero-order valence-corrected chi connectivity index (χ0v) is 19.2. The SMILES string of the molecule is CCO[Si](C)(C)CCCCN1CCN([Si](C)(C)C(C)(C)C)CC1. The zero-order chi connectivity index (χ0) is 17.7. The number of hydrogen-bond donors (Lipinski definition) is 0. The summed E-state index contributed by atoms with van der Waals surface area (Å²) in [5.41, 5.74) is 0. The Hall–Kier alpha value is 0.314. The summed E-state index contributed by atoms with van der Waals surface area (Å²) in [6, 6.07) is 1.31. The van der Waals surface area contributed by atoms with Gasteiger partial charge in [0.15, 0.2) is 8.32 Å². The van der Waals surface area contributed by atoms with Crippen molar-refractivity contribution in [3.8, 4) is 0 Å². The van der Waals surface area contributed by atoms with E-state index < -0.39 is 16.6 Å². The summed E-state index contributed by atoms with van der Waals surface area (Å²) in [6.07, 6.45) is 2.67. The molecule has 23 heavy (non-hydrogen) atoms. The van der Waals surface area contributed by atoms with Gasteiger partial charge in [-0.2, -0.15) is 0 Å². The molecule has 1 aliphatic heterocycles. The molecule has 0 aromatic rings. The van der Waals surface area contributed by atoms with E-state index in [2.05, 4.69) is 63.3 Å². The maximum atomic E-state index is 5.93. The summed E-state index contributed by atoms with van der Waals surface area (Å²) in [5, 5.41) is 0.463. The molecule has 138 valence electrons. The van der Waals surface area contributed by atoms with Crippen LogP contribution in [0.2, 0.25) is 37.3 Å². The highest BCUT2D eigenvalue weighted by molar-refractivity contribution is 6.77. The molecular weight excluding hydrogens is 316 g/mol. The molecule has 1 saturated heterocycles. The number of rotatable bonds is 8. The Morgan fingerprint density at radius 3 is 1.96 bits per heavy atom. The van der Waals surface area contributed by atoms with Crippen LogP contribution in [0.4, 0.5) is 0 Å². The number of piperazine rings is 1. The Morgan fingerprint density at radius 2 is 1.48 bits per heavy atom. The van der Waals surface area contributed by atoms with Gasteiger partial charge in [0.2, 0.25) is 0 Å². The Kier molecular flexibility index (Phi) is 7.99. The molecule has 0 atom stereocenters. The van der Waals surface area contributed by atoms with Crippen LogP contribution >= 0.6 is 0 Å². The molecule has 0 N–H and O–H groups in total. The van der Waals surface area contributed by atoms with Gasteiger partial charge in [0.25, 0.3) is 0 Å². The summed E-state index contributed by atoms with van der Waals surface area (Å²) in [5.74, 6) is 0. The molecule has 5 heteroatoms. The van der Waals surface area contributed by atoms with E-state index in [0.717, 1.165) is 6.61 Å². The molecule has 0 unspecified atom stereocenters. The molecule has 0 amide bonds. The monoisotopic (exact) mass is 358 g/mol. The summed E-state index contributed by atoms with van der Waals surface area (Å²) < 4.78 is 8.76. The van der Waals surface area contributed by atoms with Gasteiger partial charge in [-0.05, 0) is 44.1 Å². The first kappa shape index (κ1) is 21.4. The molecular formula is C18H42N2OSi2. The predicted molar refractivity (Wildman–Crippen MR) is 108 cm³/mol. The van der Waals surface area contributed by atoms with E-state index >= 15 is 0 Å². The minimum Gasteiger partial charge on any atom is -0.418 e. The van der Waals surface area contributed by atoms with Gasteiger partial charge in [-0.15, -0.1) is 0 Å². The Labute approximate surface area is 148 Å². The van der Waals surface area contributed by atoms with Crippen LogP contribution in [-0.2, 0) is 4.43 Å². The lowest BCUT2D eigenvalue weighted by Gasteiger charge is -2.49. The Bertz CT molecular complexity index is 345. The van der Waals surface area contributed by atoms with Crippen molar-refractivity contribution in [1.29, 1.82) is 0 Å². The number of nitrogens with zero attached hydrogens (tertiary/aromatic N) is 2. The molecule has 0 spiro atoms. The minimum atomic E-state index is -1.37. The standard InChI is InChI=1S/C18H42N2OSi2/c1-9-21-22(5,6)17-11-10-12-19-13-15-20(16-14-19)23(7,8)18(2,3)4/h9-17H2,1-8H3. The second-order valence-corrected chi connectivity index (χ2v) is 18.8. The first-order chi connectivity index (χ1) is 10.5. The van der Waals surface area contributed by atoms with Crippen molar-refractivity contribution in [3.05, 3.63) is 0 Å². The molecule has 1 heterocycles. The lowest BCUT2D eigenvalue weighted by molar-refractivity contribution is 0.177. The van der Waals surface area contributed by atoms with E-state index in [1.807, 2.05) is 0 Å². The maximum absolute atomic E-state index is 5.93. The fraction of sp³-hybridized carbons (Fsp3) is 1.00. The van der Waals surface area contributed by atoms with Crippen molar-refractivity contribution < 1.29 is 4.43 Å². The van der Waals surface area contributed by atoms with Crippen LogP contribution in [0.25, 0.3) is 0 Å². The highest BCUT2D eigenvalue weighted by atomic mass is 28.4. The van der Waals surface area contributed by atoms with Gasteiger partial charge >= 0.3 is 0 Å². The molecule has 1 aliphatic rings. The van der Waals surface area contributed by atoms with Gasteiger partial charge in [-0.25, -0.2) is 0 Å². The smallest absolute Gasteiger partial charge is 0.186 e. The van der Waals surface area contributed by atoms with Gasteiger partial charge in [0.05, 0.1) is 0 Å². The Balaban J connectivity index is 2.27. The van der Waals surface area contributed by atoms with Crippen LogP contribution in [0.5, 0.6) is 0 Å². The molecule has 0 aliphatic carbocycles. The van der Waals surface area contributed by atoms with Crippen molar-refractivity contribution >= 4 is 16.6 Å². The van der Waals surface area contributed by atoms with Gasteiger partial charge in [0, 0.05) is 32.8 Å². The van der Waals surface area contributed by atoms with Gasteiger partial charge in [-0.3, -0.25) is 0 Å². The van der Waals surface area contributed by atoms with Crippen LogP contribution in [0.1, 0.15) is 40.5 Å². The fourth-order valence-corrected chi connectivity index (χ4v) is 7.65. The second kappa shape index (κ2) is 8.61. The second-order valence-electron chi connectivity index (χ2n) is 9.29. The van der Waals surface area contributed by atoms with Crippen LogP contribution in [0.15, 0.2) is 0 Å². The molecule has 0 bridgehead atoms. The average molecular weight is 359 g/mol. The molecule has 1 fully saturated rings. The third-order valence-corrected chi connectivity index (χ3v) is 14.4. The zero-order valence-electron chi connectivity index (χ0n) is 17.2. The number of unbranched alkanes of at least 4 members (excludes halogenated alkanes) is 1. The molecule has 0 radical (unpaired) electrons. The summed E-state index contributed by atoms with van der Waals surface area (Å²) in [6.45, 7) is 26.4. The van der Waals surface area contributed by atoms with Gasteiger partial charge in [0.1, 0.15) is 8.24 Å². The van der Waals surface area contributed by atoms with Crippen molar-refractivity contribution in [2.75, 3.05) is 39.3 Å². The first-order valence-corrected chi connectivity index (χ1v) is 15.7. The van der Waals surface area contributed by atoms with E-state index in [4.69, 9.17) is 4.43 Å². The van der Waals surface area contributed by atoms with Crippen molar-refractivity contribution in [3.63, 3.8) is 0 Å². The molecule has 3 nitrogen and oxygen atoms in total. The molecule has 0 aromatic heterocycles. The average Bonchev–Trinajstić information content (AvgIpc) is 2.43. The topological polar surface area (TPSA) is 15.7 Å². The lowest BCUT2D eigenvalue weighted by Crippen LogP contribution is -2.61. The van der Waals surface area contributed by atoms with Gasteiger partial charge < -0.3 is 13.9 Å². The van der Waals surface area contributed by atoms with Crippen LogP contribution in [0, 0.1) is 0 Å². The van der Waals surface area contributed by atoms with E-state index in [9.17, 15) is 0 Å². The third-order valence-electron chi connectivity index (χ3n) is 6.04. The minimum absolute atomic E-state index is 0.463. The Morgan fingerprint density at radius 1 is 0.913 bits per heavy atom. The van der Waals surface area contributed by atoms with E-state index in [1.165, 1.54) is 51.6 Å². The maximum Gasteiger partial charge on any atom is 0.186 e. The normalized spacial score (nSPS) is 19.3. The van der Waals surface area contributed by atoms with E-state index in [0.29, 0.717) is 5.04 Å².